The van der Waals surface area contributed by atoms with Crippen molar-refractivity contribution < 1.29 is 14.2 Å². The molecule has 0 aliphatic carbocycles. The number of rotatable bonds is 6. The fourth-order valence-corrected chi connectivity index (χ4v) is 0.883. The average Bonchev–Trinajstić information content (AvgIpc) is 1.87. The maximum absolute atomic E-state index is 5.48. The maximum Gasteiger partial charge on any atom is 0.138 e. The minimum Gasteiger partial charge on any atom is -0.382 e. The lowest BCUT2D eigenvalue weighted by atomic mass is 10.0. The lowest BCUT2D eigenvalue weighted by Gasteiger charge is -2.18. The zero-order valence-electron chi connectivity index (χ0n) is 7.79. The van der Waals surface area contributed by atoms with E-state index < -0.39 is 0 Å². The van der Waals surface area contributed by atoms with Gasteiger partial charge in [0.2, 0.25) is 0 Å². The van der Waals surface area contributed by atoms with Crippen molar-refractivity contribution in [2.24, 2.45) is 0 Å². The summed E-state index contributed by atoms with van der Waals surface area (Å²) in [6.07, 6.45) is 0.0602. The van der Waals surface area contributed by atoms with Crippen LogP contribution in [0.15, 0.2) is 0 Å². The Kier molecular flexibility index (Phi) is 6.61. The third kappa shape index (κ3) is 6.35. The molecular formula is C7H17BO3. The summed E-state index contributed by atoms with van der Waals surface area (Å²) in [6, 6.07) is 0.227. The molecule has 0 unspecified atom stereocenters. The number of hydrogen-bond donors (Lipinski definition) is 0. The van der Waals surface area contributed by atoms with Crippen LogP contribution < -0.4 is 0 Å². The van der Waals surface area contributed by atoms with Crippen LogP contribution in [0.1, 0.15) is 6.92 Å². The second-order valence-corrected chi connectivity index (χ2v) is 2.72. The zero-order valence-corrected chi connectivity index (χ0v) is 7.79. The lowest BCUT2D eigenvalue weighted by molar-refractivity contribution is -0.0489. The highest BCUT2D eigenvalue weighted by Gasteiger charge is 2.09. The van der Waals surface area contributed by atoms with E-state index in [4.69, 9.17) is 14.2 Å². The molecule has 0 aromatic rings. The Morgan fingerprint density at radius 3 is 1.91 bits per heavy atom. The van der Waals surface area contributed by atoms with Gasteiger partial charge in [0.25, 0.3) is 0 Å². The highest BCUT2D eigenvalue weighted by atomic mass is 16.6. The highest BCUT2D eigenvalue weighted by molar-refractivity contribution is 6.10. The smallest absolute Gasteiger partial charge is 0.138 e. The molecule has 11 heavy (non-hydrogen) atoms. The summed E-state index contributed by atoms with van der Waals surface area (Å²) < 4.78 is 15.4. The van der Waals surface area contributed by atoms with Crippen molar-refractivity contribution in [2.75, 3.05) is 27.4 Å². The lowest BCUT2D eigenvalue weighted by Crippen LogP contribution is -2.28. The second-order valence-electron chi connectivity index (χ2n) is 2.72. The Balaban J connectivity index is 3.50. The standard InChI is InChI=1S/C7H17BO3/c1-6(8)11-7(4-9-2)5-10-3/h6-7H,4-5,8H2,1-3H3/t6-/m1/s1. The Hall–Kier alpha value is -0.0551. The van der Waals surface area contributed by atoms with E-state index in [0.717, 1.165) is 0 Å². The molecule has 0 radical (unpaired) electrons. The Bertz CT molecular complexity index is 81.8. The number of methoxy groups -OCH3 is 2. The third-order valence-corrected chi connectivity index (χ3v) is 1.17. The monoisotopic (exact) mass is 160 g/mol. The average molecular weight is 160 g/mol. The van der Waals surface area contributed by atoms with Crippen LogP contribution in [0.3, 0.4) is 0 Å². The predicted octanol–water partition coefficient (Wildman–Crippen LogP) is -0.357. The van der Waals surface area contributed by atoms with Crippen molar-refractivity contribution in [2.45, 2.75) is 19.0 Å². The van der Waals surface area contributed by atoms with Gasteiger partial charge in [-0.05, 0) is 6.92 Å². The van der Waals surface area contributed by atoms with Crippen molar-refractivity contribution in [3.63, 3.8) is 0 Å². The molecule has 0 rings (SSSR count). The third-order valence-electron chi connectivity index (χ3n) is 1.17. The van der Waals surface area contributed by atoms with Crippen LogP contribution >= 0.6 is 0 Å². The summed E-state index contributed by atoms with van der Waals surface area (Å²) >= 11 is 0. The SMILES string of the molecule is B[C@@H](C)OC(COC)COC. The summed E-state index contributed by atoms with van der Waals surface area (Å²) in [5, 5.41) is 0. The summed E-state index contributed by atoms with van der Waals surface area (Å²) in [4.78, 5) is 0. The van der Waals surface area contributed by atoms with Crippen LogP contribution in [-0.2, 0) is 14.2 Å². The van der Waals surface area contributed by atoms with E-state index in [1.54, 1.807) is 14.2 Å². The zero-order chi connectivity index (χ0) is 8.69. The van der Waals surface area contributed by atoms with Crippen molar-refractivity contribution in [1.82, 2.24) is 0 Å². The van der Waals surface area contributed by atoms with Crippen LogP contribution in [0.5, 0.6) is 0 Å². The summed E-state index contributed by atoms with van der Waals surface area (Å²) in [5.41, 5.74) is 0. The molecule has 0 saturated heterocycles. The molecule has 0 fully saturated rings. The Labute approximate surface area is 69.4 Å². The highest BCUT2D eigenvalue weighted by Crippen LogP contribution is 1.96. The molecule has 1 atom stereocenters. The molecule has 0 bridgehead atoms. The first kappa shape index (κ1) is 10.9. The van der Waals surface area contributed by atoms with Gasteiger partial charge < -0.3 is 14.2 Å². The van der Waals surface area contributed by atoms with Gasteiger partial charge in [0.1, 0.15) is 14.0 Å². The van der Waals surface area contributed by atoms with E-state index in [2.05, 4.69) is 0 Å². The largest absolute Gasteiger partial charge is 0.382 e. The summed E-state index contributed by atoms with van der Waals surface area (Å²) in [7, 11) is 5.32. The number of ether oxygens (including phenoxy) is 3. The first-order valence-electron chi connectivity index (χ1n) is 3.84. The molecule has 0 spiro atoms. The summed E-state index contributed by atoms with van der Waals surface area (Å²) in [5.74, 6) is 0. The predicted molar refractivity (Wildman–Crippen MR) is 46.6 cm³/mol. The fraction of sp³-hybridized carbons (Fsp3) is 1.00. The molecule has 0 aliphatic heterocycles. The topological polar surface area (TPSA) is 27.7 Å². The van der Waals surface area contributed by atoms with Gasteiger partial charge in [-0.25, -0.2) is 0 Å². The van der Waals surface area contributed by atoms with Gasteiger partial charge in [0.05, 0.1) is 13.2 Å². The van der Waals surface area contributed by atoms with Crippen LogP contribution in [-0.4, -0.2) is 47.4 Å². The van der Waals surface area contributed by atoms with Gasteiger partial charge in [-0.3, -0.25) is 0 Å². The molecule has 0 saturated carbocycles. The summed E-state index contributed by atoms with van der Waals surface area (Å²) in [6.45, 7) is 3.18. The van der Waals surface area contributed by atoms with Gasteiger partial charge in [-0.1, -0.05) is 0 Å². The van der Waals surface area contributed by atoms with E-state index in [0.29, 0.717) is 13.2 Å². The van der Waals surface area contributed by atoms with Gasteiger partial charge in [-0.2, -0.15) is 0 Å². The van der Waals surface area contributed by atoms with E-state index in [1.807, 2.05) is 14.8 Å². The minimum absolute atomic E-state index is 0.0602. The first-order chi connectivity index (χ1) is 5.20. The minimum atomic E-state index is 0.0602. The molecule has 0 amide bonds. The van der Waals surface area contributed by atoms with Gasteiger partial charge in [0, 0.05) is 20.2 Å². The normalized spacial score (nSPS) is 13.8. The van der Waals surface area contributed by atoms with E-state index in [9.17, 15) is 0 Å². The second kappa shape index (κ2) is 6.64. The van der Waals surface area contributed by atoms with E-state index >= 15 is 0 Å². The molecule has 0 N–H and O–H groups in total. The molecule has 66 valence electrons. The van der Waals surface area contributed by atoms with Crippen LogP contribution in [0.2, 0.25) is 0 Å². The van der Waals surface area contributed by atoms with Crippen molar-refractivity contribution in [3.8, 4) is 0 Å². The van der Waals surface area contributed by atoms with E-state index in [1.165, 1.54) is 0 Å². The molecule has 0 heterocycles. The van der Waals surface area contributed by atoms with Crippen molar-refractivity contribution in [1.29, 1.82) is 0 Å². The first-order valence-corrected chi connectivity index (χ1v) is 3.84. The molecule has 0 aromatic carbocycles. The maximum atomic E-state index is 5.48. The Morgan fingerprint density at radius 1 is 1.18 bits per heavy atom. The van der Waals surface area contributed by atoms with Gasteiger partial charge in [-0.15, -0.1) is 0 Å². The van der Waals surface area contributed by atoms with Crippen molar-refractivity contribution in [3.05, 3.63) is 0 Å². The molecule has 0 aliphatic rings. The molecule has 0 aromatic heterocycles. The van der Waals surface area contributed by atoms with Crippen LogP contribution in [0, 0.1) is 0 Å². The molecule has 4 heteroatoms. The molecular weight excluding hydrogens is 143 g/mol. The van der Waals surface area contributed by atoms with E-state index in [-0.39, 0.29) is 12.1 Å². The van der Waals surface area contributed by atoms with Crippen molar-refractivity contribution >= 4 is 7.85 Å². The van der Waals surface area contributed by atoms with Gasteiger partial charge >= 0.3 is 0 Å². The van der Waals surface area contributed by atoms with Crippen LogP contribution in [0.4, 0.5) is 0 Å². The van der Waals surface area contributed by atoms with Crippen LogP contribution in [0.25, 0.3) is 0 Å². The quantitative estimate of drug-likeness (QED) is 0.496. The Morgan fingerprint density at radius 2 is 1.64 bits per heavy atom. The number of hydrogen-bond acceptors (Lipinski definition) is 3. The fourth-order valence-electron chi connectivity index (χ4n) is 0.883. The van der Waals surface area contributed by atoms with Gasteiger partial charge in [0.15, 0.2) is 0 Å². The molecule has 3 nitrogen and oxygen atoms in total.